The highest BCUT2D eigenvalue weighted by molar-refractivity contribution is 7.92. The first-order chi connectivity index (χ1) is 17.0. The summed E-state index contributed by atoms with van der Waals surface area (Å²) in [6.45, 7) is 6.32. The zero-order valence-corrected chi connectivity index (χ0v) is 22.8. The van der Waals surface area contributed by atoms with Gasteiger partial charge in [-0.25, -0.2) is 8.42 Å². The molecule has 0 heterocycles. The number of benzene rings is 2. The summed E-state index contributed by atoms with van der Waals surface area (Å²) in [6.07, 6.45) is -3.82. The molecule has 0 aliphatic rings. The van der Waals surface area contributed by atoms with E-state index < -0.39 is 51.2 Å². The van der Waals surface area contributed by atoms with Gasteiger partial charge in [0.25, 0.3) is 0 Å². The van der Waals surface area contributed by atoms with Crippen molar-refractivity contribution >= 4 is 39.1 Å². The predicted octanol–water partition coefficient (Wildman–Crippen LogP) is 4.77. The van der Waals surface area contributed by atoms with Crippen LogP contribution < -0.4 is 9.62 Å². The van der Waals surface area contributed by atoms with Crippen molar-refractivity contribution in [1.29, 1.82) is 0 Å². The van der Waals surface area contributed by atoms with Gasteiger partial charge in [0, 0.05) is 12.6 Å². The van der Waals surface area contributed by atoms with E-state index >= 15 is 0 Å². The number of alkyl halides is 3. The number of nitrogens with zero attached hydrogens (tertiary/aromatic N) is 2. The van der Waals surface area contributed by atoms with Crippen molar-refractivity contribution in [2.75, 3.05) is 17.1 Å². The van der Waals surface area contributed by atoms with Crippen LogP contribution in [0.25, 0.3) is 0 Å². The average molecular weight is 562 g/mol. The number of carbonyl (C=O) groups is 2. The minimum Gasteiger partial charge on any atom is -0.352 e. The Balaban J connectivity index is 2.52. The first kappa shape index (κ1) is 30.4. The number of nitrogens with one attached hydrogen (secondary N) is 1. The monoisotopic (exact) mass is 561 g/mol. The number of halogens is 4. The van der Waals surface area contributed by atoms with Gasteiger partial charge in [0.2, 0.25) is 21.8 Å². The lowest BCUT2D eigenvalue weighted by atomic mass is 10.1. The molecule has 7 nitrogen and oxygen atoms in total. The van der Waals surface area contributed by atoms with Crippen LogP contribution in [0, 0.1) is 6.92 Å². The molecule has 0 fully saturated rings. The highest BCUT2D eigenvalue weighted by atomic mass is 35.5. The van der Waals surface area contributed by atoms with Gasteiger partial charge in [-0.15, -0.1) is 0 Å². The van der Waals surface area contributed by atoms with E-state index in [9.17, 15) is 31.2 Å². The van der Waals surface area contributed by atoms with E-state index in [-0.39, 0.29) is 24.7 Å². The third kappa shape index (κ3) is 8.36. The Bertz CT molecular complexity index is 1220. The molecule has 2 aromatic carbocycles. The van der Waals surface area contributed by atoms with E-state index in [1.54, 1.807) is 32.9 Å². The van der Waals surface area contributed by atoms with Gasteiger partial charge in [-0.1, -0.05) is 48.4 Å². The number of carbonyl (C=O) groups excluding carboxylic acids is 2. The van der Waals surface area contributed by atoms with E-state index in [0.29, 0.717) is 15.9 Å². The van der Waals surface area contributed by atoms with Crippen LogP contribution in [-0.4, -0.2) is 50.0 Å². The molecule has 0 saturated carbocycles. The van der Waals surface area contributed by atoms with Gasteiger partial charge < -0.3 is 10.2 Å². The Morgan fingerprint density at radius 1 is 1.08 bits per heavy atom. The molecule has 2 rings (SSSR count). The number of hydrogen-bond acceptors (Lipinski definition) is 4. The highest BCUT2D eigenvalue weighted by Gasteiger charge is 2.36. The standard InChI is InChI=1S/C25H31ClF3N3O4S/c1-6-22(24(34)30-16(2)3)31(14-18-9-7-17(4)8-10-18)23(33)15-32(37(5,35)36)19-11-12-21(26)20(13-19)25(27,28)29/h7-13,16,22H,6,14-15H2,1-5H3,(H,30,34). The summed E-state index contributed by atoms with van der Waals surface area (Å²) >= 11 is 5.69. The van der Waals surface area contributed by atoms with Gasteiger partial charge in [0.05, 0.1) is 22.5 Å². The second-order valence-corrected chi connectivity index (χ2v) is 11.3. The lowest BCUT2D eigenvalue weighted by molar-refractivity contribution is -0.140. The fourth-order valence-corrected chi connectivity index (χ4v) is 4.76. The average Bonchev–Trinajstić information content (AvgIpc) is 2.77. The molecule has 2 aromatic rings. The van der Waals surface area contributed by atoms with Gasteiger partial charge in [-0.05, 0) is 51.0 Å². The SMILES string of the molecule is CCC(C(=O)NC(C)C)N(Cc1ccc(C)cc1)C(=O)CN(c1ccc(Cl)c(C(F)(F)F)c1)S(C)(=O)=O. The van der Waals surface area contributed by atoms with Gasteiger partial charge in [-0.3, -0.25) is 13.9 Å². The summed E-state index contributed by atoms with van der Waals surface area (Å²) in [7, 11) is -4.20. The molecule has 1 N–H and O–H groups in total. The first-order valence-electron chi connectivity index (χ1n) is 11.5. The van der Waals surface area contributed by atoms with Crippen LogP contribution in [0.15, 0.2) is 42.5 Å². The molecule has 0 spiro atoms. The van der Waals surface area contributed by atoms with Crippen molar-refractivity contribution in [3.8, 4) is 0 Å². The van der Waals surface area contributed by atoms with E-state index in [2.05, 4.69) is 5.32 Å². The molecule has 204 valence electrons. The van der Waals surface area contributed by atoms with Crippen molar-refractivity contribution in [2.24, 2.45) is 0 Å². The molecule has 0 saturated heterocycles. The summed E-state index contributed by atoms with van der Waals surface area (Å²) in [5, 5.41) is 2.16. The maximum Gasteiger partial charge on any atom is 0.417 e. The Morgan fingerprint density at radius 3 is 2.16 bits per heavy atom. The lowest BCUT2D eigenvalue weighted by Crippen LogP contribution is -2.53. The highest BCUT2D eigenvalue weighted by Crippen LogP contribution is 2.37. The molecule has 1 unspecified atom stereocenters. The van der Waals surface area contributed by atoms with Crippen LogP contribution in [0.3, 0.4) is 0 Å². The zero-order valence-electron chi connectivity index (χ0n) is 21.3. The minimum absolute atomic E-state index is 0.00481. The molecule has 37 heavy (non-hydrogen) atoms. The third-order valence-corrected chi connectivity index (χ3v) is 6.98. The molecule has 0 aliphatic heterocycles. The van der Waals surface area contributed by atoms with Crippen molar-refractivity contribution in [3.63, 3.8) is 0 Å². The smallest absolute Gasteiger partial charge is 0.352 e. The predicted molar refractivity (Wildman–Crippen MR) is 138 cm³/mol. The largest absolute Gasteiger partial charge is 0.417 e. The second-order valence-electron chi connectivity index (χ2n) is 9.03. The topological polar surface area (TPSA) is 86.8 Å². The number of rotatable bonds is 10. The summed E-state index contributed by atoms with van der Waals surface area (Å²) in [6, 6.07) is 8.70. The molecule has 2 amide bonds. The van der Waals surface area contributed by atoms with E-state index in [0.717, 1.165) is 24.0 Å². The van der Waals surface area contributed by atoms with Crippen LogP contribution in [-0.2, 0) is 32.3 Å². The van der Waals surface area contributed by atoms with Crippen LogP contribution in [0.5, 0.6) is 0 Å². The lowest BCUT2D eigenvalue weighted by Gasteiger charge is -2.33. The molecular weight excluding hydrogens is 531 g/mol. The molecule has 12 heteroatoms. The van der Waals surface area contributed by atoms with Gasteiger partial charge >= 0.3 is 6.18 Å². The molecular formula is C25H31ClF3N3O4S. The Labute approximate surface area is 220 Å². The fourth-order valence-electron chi connectivity index (χ4n) is 3.69. The quantitative estimate of drug-likeness (QED) is 0.453. The summed E-state index contributed by atoms with van der Waals surface area (Å²) in [5.74, 6) is -1.17. The number of amides is 2. The van der Waals surface area contributed by atoms with E-state index in [1.165, 1.54) is 4.90 Å². The number of anilines is 1. The van der Waals surface area contributed by atoms with E-state index in [1.807, 2.05) is 19.1 Å². The molecule has 1 atom stereocenters. The number of hydrogen-bond donors (Lipinski definition) is 1. The Morgan fingerprint density at radius 2 is 1.68 bits per heavy atom. The second kappa shape index (κ2) is 12.2. The minimum atomic E-state index is -4.83. The molecule has 0 radical (unpaired) electrons. The van der Waals surface area contributed by atoms with Crippen LogP contribution >= 0.6 is 11.6 Å². The van der Waals surface area contributed by atoms with Crippen molar-refractivity contribution in [3.05, 3.63) is 64.2 Å². The van der Waals surface area contributed by atoms with Gasteiger partial charge in [-0.2, -0.15) is 13.2 Å². The van der Waals surface area contributed by atoms with Crippen LogP contribution in [0.4, 0.5) is 18.9 Å². The summed E-state index contributed by atoms with van der Waals surface area (Å²) in [4.78, 5) is 27.8. The number of aryl methyl sites for hydroxylation is 1. The Kier molecular flexibility index (Phi) is 10.0. The van der Waals surface area contributed by atoms with Crippen molar-refractivity contribution in [1.82, 2.24) is 10.2 Å². The summed E-state index contributed by atoms with van der Waals surface area (Å²) in [5.41, 5.74) is 0.0822. The number of sulfonamides is 1. The summed E-state index contributed by atoms with van der Waals surface area (Å²) < 4.78 is 66.1. The molecule has 0 bridgehead atoms. The van der Waals surface area contributed by atoms with Crippen molar-refractivity contribution in [2.45, 2.75) is 58.9 Å². The van der Waals surface area contributed by atoms with Crippen LogP contribution in [0.1, 0.15) is 43.9 Å². The molecule has 0 aliphatic carbocycles. The normalized spacial score (nSPS) is 12.8. The third-order valence-electron chi connectivity index (χ3n) is 5.51. The van der Waals surface area contributed by atoms with E-state index in [4.69, 9.17) is 11.6 Å². The van der Waals surface area contributed by atoms with Crippen LogP contribution in [0.2, 0.25) is 5.02 Å². The first-order valence-corrected chi connectivity index (χ1v) is 13.8. The van der Waals surface area contributed by atoms with Crippen molar-refractivity contribution < 1.29 is 31.2 Å². The fraction of sp³-hybridized carbons (Fsp3) is 0.440. The Hall–Kier alpha value is -2.79. The zero-order chi connectivity index (χ0) is 28.1. The van der Waals surface area contributed by atoms with Gasteiger partial charge in [0.1, 0.15) is 12.6 Å². The van der Waals surface area contributed by atoms with Gasteiger partial charge in [0.15, 0.2) is 0 Å². The molecule has 0 aromatic heterocycles. The maximum absolute atomic E-state index is 13.6. The maximum atomic E-state index is 13.6.